The van der Waals surface area contributed by atoms with Gasteiger partial charge < -0.3 is 35.5 Å². The van der Waals surface area contributed by atoms with Crippen LogP contribution in [0.2, 0.25) is 0 Å². The summed E-state index contributed by atoms with van der Waals surface area (Å²) in [5.74, 6) is -1.79. The lowest BCUT2D eigenvalue weighted by atomic mass is 10.0. The van der Waals surface area contributed by atoms with Gasteiger partial charge in [-0.15, -0.1) is 0 Å². The minimum atomic E-state index is -0.993. The topological polar surface area (TPSA) is 151 Å². The Morgan fingerprint density at radius 1 is 0.938 bits per heavy atom. The van der Waals surface area contributed by atoms with E-state index in [1.165, 1.54) is 11.8 Å². The summed E-state index contributed by atoms with van der Waals surface area (Å²) < 4.78 is 7.35. The summed E-state index contributed by atoms with van der Waals surface area (Å²) in [6, 6.07) is 11.4. The number of nitrogens with zero attached hydrogens (tertiary/aromatic N) is 2. The fourth-order valence-corrected chi connectivity index (χ4v) is 6.03. The number of carbonyl (C=O) groups excluding carboxylic acids is 5. The number of ether oxygens (including phenoxy) is 1. The molecular weight excluding hydrogens is 612 g/mol. The number of nitrogens with one attached hydrogen (secondary N) is 4. The van der Waals surface area contributed by atoms with E-state index in [0.717, 1.165) is 11.1 Å². The third kappa shape index (κ3) is 8.53. The zero-order chi connectivity index (χ0) is 35.1. The lowest BCUT2D eigenvalue weighted by Crippen LogP contribution is -2.57. The van der Waals surface area contributed by atoms with E-state index in [0.29, 0.717) is 35.2 Å². The predicted molar refractivity (Wildman–Crippen MR) is 183 cm³/mol. The molecule has 1 fully saturated rings. The third-order valence-electron chi connectivity index (χ3n) is 8.84. The van der Waals surface area contributed by atoms with E-state index >= 15 is 0 Å². The van der Waals surface area contributed by atoms with Crippen LogP contribution >= 0.6 is 0 Å². The first-order valence-electron chi connectivity index (χ1n) is 16.5. The molecule has 2 aromatic carbocycles. The monoisotopic (exact) mass is 660 g/mol. The maximum Gasteiger partial charge on any atom is 0.256 e. The number of methoxy groups -OCH3 is 1. The Bertz CT molecular complexity index is 1650. The van der Waals surface area contributed by atoms with Crippen LogP contribution in [0, 0.1) is 12.8 Å². The predicted octanol–water partition coefficient (Wildman–Crippen LogP) is 2.61. The number of hydrogen-bond donors (Lipinski definition) is 4. The van der Waals surface area contributed by atoms with Crippen LogP contribution < -0.4 is 26.0 Å². The van der Waals surface area contributed by atoms with Gasteiger partial charge in [0.25, 0.3) is 5.91 Å². The Morgan fingerprint density at radius 2 is 1.60 bits per heavy atom. The zero-order valence-corrected chi connectivity index (χ0v) is 28.9. The number of aromatic nitrogens is 1. The van der Waals surface area contributed by atoms with Gasteiger partial charge in [0.05, 0.1) is 19.2 Å². The summed E-state index contributed by atoms with van der Waals surface area (Å²) in [6.45, 7) is 8.76. The van der Waals surface area contributed by atoms with Crippen LogP contribution in [0.4, 0.5) is 0 Å². The highest BCUT2D eigenvalue weighted by molar-refractivity contribution is 6.09. The van der Waals surface area contributed by atoms with Gasteiger partial charge in [-0.25, -0.2) is 0 Å². The fourth-order valence-electron chi connectivity index (χ4n) is 6.03. The molecule has 0 saturated carbocycles. The van der Waals surface area contributed by atoms with E-state index in [9.17, 15) is 24.0 Å². The Morgan fingerprint density at radius 3 is 2.25 bits per heavy atom. The summed E-state index contributed by atoms with van der Waals surface area (Å²) in [6.07, 6.45) is 0.984. The molecule has 48 heavy (non-hydrogen) atoms. The van der Waals surface area contributed by atoms with Gasteiger partial charge in [0.1, 0.15) is 23.9 Å². The first-order chi connectivity index (χ1) is 22.8. The van der Waals surface area contributed by atoms with Gasteiger partial charge in [0.2, 0.25) is 23.6 Å². The van der Waals surface area contributed by atoms with Crippen molar-refractivity contribution in [1.82, 2.24) is 30.7 Å². The van der Waals surface area contributed by atoms with Crippen molar-refractivity contribution in [2.75, 3.05) is 20.2 Å². The largest absolute Gasteiger partial charge is 0.497 e. The summed E-state index contributed by atoms with van der Waals surface area (Å²) in [7, 11) is 3.42. The maximum absolute atomic E-state index is 14.4. The standard InChI is InChI=1S/C36H48N6O6/c1-8-25-19-42(36(47)32-23(5)41(6)30-15-14-26(48-7)18-27(30)32)20-31(43)37-22(4)33(44)39-28(16-21(2)3)35(46)40-29(34(45)38-25)17-24-12-10-9-11-13-24/h9-15,18,21-22,25,28-29H,8,16-17,19-20H2,1-7H3,(H,37,43)(H,38,45)(H,39,44)(H,40,46)/t22-,25+,28+,29+/m1/s1. The first-order valence-corrected chi connectivity index (χ1v) is 16.5. The molecule has 3 aromatic rings. The van der Waals surface area contributed by atoms with Crippen LogP contribution in [0.1, 0.15) is 62.2 Å². The van der Waals surface area contributed by atoms with Gasteiger partial charge in [0, 0.05) is 42.7 Å². The van der Waals surface area contributed by atoms with E-state index < -0.39 is 53.7 Å². The molecular formula is C36H48N6O6. The van der Waals surface area contributed by atoms with E-state index in [1.807, 2.05) is 81.8 Å². The lowest BCUT2D eigenvalue weighted by Gasteiger charge is -2.29. The highest BCUT2D eigenvalue weighted by atomic mass is 16.5. The van der Waals surface area contributed by atoms with Crippen molar-refractivity contribution in [2.45, 2.75) is 78.0 Å². The number of hydrogen-bond acceptors (Lipinski definition) is 6. The molecule has 258 valence electrons. The van der Waals surface area contributed by atoms with Crippen molar-refractivity contribution < 1.29 is 28.7 Å². The second-order valence-corrected chi connectivity index (χ2v) is 12.9. The molecule has 1 aliphatic rings. The van der Waals surface area contributed by atoms with Gasteiger partial charge in [-0.1, -0.05) is 51.1 Å². The Kier molecular flexibility index (Phi) is 11.9. The summed E-state index contributed by atoms with van der Waals surface area (Å²) in [4.78, 5) is 70.1. The van der Waals surface area contributed by atoms with E-state index in [1.54, 1.807) is 13.2 Å². The Labute approximate surface area is 281 Å². The normalized spacial score (nSPS) is 21.5. The fraction of sp³-hybridized carbons (Fsp3) is 0.472. The zero-order valence-electron chi connectivity index (χ0n) is 28.9. The molecule has 2 heterocycles. The molecule has 1 aromatic heterocycles. The third-order valence-corrected chi connectivity index (χ3v) is 8.84. The van der Waals surface area contributed by atoms with E-state index in [4.69, 9.17) is 4.74 Å². The van der Waals surface area contributed by atoms with E-state index in [-0.39, 0.29) is 25.4 Å². The number of fused-ring (bicyclic) bond motifs is 1. The second-order valence-electron chi connectivity index (χ2n) is 12.9. The minimum absolute atomic E-state index is 0.0108. The van der Waals surface area contributed by atoms with Crippen molar-refractivity contribution in [3.63, 3.8) is 0 Å². The van der Waals surface area contributed by atoms with Crippen molar-refractivity contribution >= 4 is 40.4 Å². The highest BCUT2D eigenvalue weighted by Gasteiger charge is 2.33. The van der Waals surface area contributed by atoms with Gasteiger partial charge >= 0.3 is 0 Å². The van der Waals surface area contributed by atoms with Crippen LogP contribution in [-0.2, 0) is 32.6 Å². The Hall–Kier alpha value is -4.87. The maximum atomic E-state index is 14.4. The van der Waals surface area contributed by atoms with Gasteiger partial charge in [-0.2, -0.15) is 0 Å². The van der Waals surface area contributed by atoms with Crippen LogP contribution in [0.25, 0.3) is 10.9 Å². The molecule has 1 aliphatic heterocycles. The molecule has 4 atom stereocenters. The molecule has 12 nitrogen and oxygen atoms in total. The van der Waals surface area contributed by atoms with Crippen molar-refractivity contribution in [3.05, 3.63) is 65.4 Å². The number of aryl methyl sites for hydroxylation is 1. The summed E-state index contributed by atoms with van der Waals surface area (Å²) >= 11 is 0. The second kappa shape index (κ2) is 15.8. The molecule has 0 bridgehead atoms. The number of rotatable bonds is 7. The minimum Gasteiger partial charge on any atom is -0.497 e. The number of carbonyl (C=O) groups is 5. The molecule has 0 spiro atoms. The van der Waals surface area contributed by atoms with Crippen LogP contribution in [0.5, 0.6) is 5.75 Å². The summed E-state index contributed by atoms with van der Waals surface area (Å²) in [5.41, 5.74) is 2.78. The Balaban J connectivity index is 1.74. The number of benzene rings is 2. The van der Waals surface area contributed by atoms with Gasteiger partial charge in [0.15, 0.2) is 0 Å². The molecule has 0 radical (unpaired) electrons. The van der Waals surface area contributed by atoms with Gasteiger partial charge in [-0.05, 0) is 56.4 Å². The SMILES string of the molecule is CC[C@H]1CN(C(=O)c2c(C)n(C)c3ccc(OC)cc23)CC(=O)N[C@H](C)C(=O)N[C@@H](CC(C)C)C(=O)N[C@@H](Cc2ccccc2)C(=O)N1. The average molecular weight is 661 g/mol. The molecule has 12 heteroatoms. The van der Waals surface area contributed by atoms with Crippen molar-refractivity contribution in [1.29, 1.82) is 0 Å². The lowest BCUT2D eigenvalue weighted by molar-refractivity contribution is -0.133. The number of amides is 5. The molecule has 0 aliphatic carbocycles. The molecule has 1 saturated heterocycles. The van der Waals surface area contributed by atoms with Crippen LogP contribution in [0.3, 0.4) is 0 Å². The molecule has 5 amide bonds. The van der Waals surface area contributed by atoms with Crippen LogP contribution in [-0.4, -0.2) is 83.4 Å². The smallest absolute Gasteiger partial charge is 0.256 e. The van der Waals surface area contributed by atoms with Crippen LogP contribution in [0.15, 0.2) is 48.5 Å². The molecule has 4 rings (SSSR count). The first kappa shape index (κ1) is 36.0. The quantitative estimate of drug-likeness (QED) is 0.306. The van der Waals surface area contributed by atoms with Crippen molar-refractivity contribution in [2.24, 2.45) is 13.0 Å². The molecule has 4 N–H and O–H groups in total. The van der Waals surface area contributed by atoms with Crippen molar-refractivity contribution in [3.8, 4) is 5.75 Å². The molecule has 0 unspecified atom stereocenters. The summed E-state index contributed by atoms with van der Waals surface area (Å²) in [5, 5.41) is 12.0. The highest BCUT2D eigenvalue weighted by Crippen LogP contribution is 2.30. The average Bonchev–Trinajstić information content (AvgIpc) is 3.30. The van der Waals surface area contributed by atoms with E-state index in [2.05, 4.69) is 21.3 Å². The van der Waals surface area contributed by atoms with Gasteiger partial charge in [-0.3, -0.25) is 24.0 Å².